The van der Waals surface area contributed by atoms with Gasteiger partial charge < -0.3 is 5.32 Å². The van der Waals surface area contributed by atoms with Crippen molar-refractivity contribution in [2.24, 2.45) is 0 Å². The Labute approximate surface area is 126 Å². The van der Waals surface area contributed by atoms with E-state index in [4.69, 9.17) is 0 Å². The van der Waals surface area contributed by atoms with Crippen LogP contribution in [0.1, 0.15) is 17.2 Å². The van der Waals surface area contributed by atoms with Gasteiger partial charge in [-0.1, -0.05) is 12.1 Å². The average molecular weight is 293 g/mol. The fourth-order valence-electron chi connectivity index (χ4n) is 2.52. The number of hydrogen-bond donors (Lipinski definition) is 1. The Hall–Kier alpha value is -3.02. The maximum Gasteiger partial charge on any atom is 0.226 e. The van der Waals surface area contributed by atoms with E-state index in [-0.39, 0.29) is 11.9 Å². The Bertz CT molecular complexity index is 823. The van der Waals surface area contributed by atoms with Gasteiger partial charge in [0.05, 0.1) is 0 Å². The van der Waals surface area contributed by atoms with Crippen LogP contribution in [0, 0.1) is 5.82 Å². The van der Waals surface area contributed by atoms with Crippen LogP contribution in [0.3, 0.4) is 0 Å². The first-order valence-electron chi connectivity index (χ1n) is 6.85. The predicted molar refractivity (Wildman–Crippen MR) is 80.4 cm³/mol. The zero-order valence-corrected chi connectivity index (χ0v) is 11.5. The van der Waals surface area contributed by atoms with Gasteiger partial charge in [0.1, 0.15) is 18.2 Å². The van der Waals surface area contributed by atoms with Gasteiger partial charge in [0, 0.05) is 23.7 Å². The number of fused-ring (bicyclic) bond motifs is 1. The van der Waals surface area contributed by atoms with Gasteiger partial charge in [-0.25, -0.2) is 9.07 Å². The van der Waals surface area contributed by atoms with E-state index >= 15 is 0 Å². The molecule has 1 aromatic carbocycles. The van der Waals surface area contributed by atoms with E-state index in [9.17, 15) is 4.39 Å². The maximum atomic E-state index is 13.2. The van der Waals surface area contributed by atoms with E-state index < -0.39 is 0 Å². The largest absolute Gasteiger partial charge is 0.324 e. The summed E-state index contributed by atoms with van der Waals surface area (Å²) in [4.78, 5) is 8.37. The number of halogens is 1. The van der Waals surface area contributed by atoms with Crippen LogP contribution in [-0.4, -0.2) is 19.7 Å². The van der Waals surface area contributed by atoms with Crippen LogP contribution in [0.15, 0.2) is 61.2 Å². The number of pyridine rings is 1. The van der Waals surface area contributed by atoms with Crippen molar-refractivity contribution in [3.8, 4) is 0 Å². The molecule has 5 nitrogen and oxygen atoms in total. The van der Waals surface area contributed by atoms with Crippen molar-refractivity contribution >= 4 is 11.6 Å². The van der Waals surface area contributed by atoms with Gasteiger partial charge in [-0.15, -0.1) is 0 Å². The molecule has 0 fully saturated rings. The number of allylic oxidation sites excluding steroid dienone is 1. The SMILES string of the molecule is Fc1ccc([C@H]2C=C(c3cccnc3)Nc3ncnn32)cc1. The van der Waals surface area contributed by atoms with Gasteiger partial charge in [0.25, 0.3) is 0 Å². The summed E-state index contributed by atoms with van der Waals surface area (Å²) < 4.78 is 14.9. The molecule has 6 heteroatoms. The van der Waals surface area contributed by atoms with Crippen LogP contribution in [0.4, 0.5) is 10.3 Å². The van der Waals surface area contributed by atoms with Crippen LogP contribution >= 0.6 is 0 Å². The molecule has 3 aromatic rings. The highest BCUT2D eigenvalue weighted by Gasteiger charge is 2.23. The summed E-state index contributed by atoms with van der Waals surface area (Å²) in [6.07, 6.45) is 7.05. The first-order valence-corrected chi connectivity index (χ1v) is 6.85. The van der Waals surface area contributed by atoms with E-state index in [2.05, 4.69) is 20.4 Å². The summed E-state index contributed by atoms with van der Waals surface area (Å²) in [5.74, 6) is 0.392. The van der Waals surface area contributed by atoms with E-state index in [1.165, 1.54) is 18.5 Å². The maximum absolute atomic E-state index is 13.2. The molecule has 1 aliphatic rings. The molecule has 0 bridgehead atoms. The topological polar surface area (TPSA) is 55.6 Å². The molecular formula is C16H12FN5. The van der Waals surface area contributed by atoms with E-state index in [0.29, 0.717) is 5.95 Å². The molecule has 2 aromatic heterocycles. The van der Waals surface area contributed by atoms with Gasteiger partial charge in [-0.3, -0.25) is 4.98 Å². The van der Waals surface area contributed by atoms with Crippen LogP contribution < -0.4 is 5.32 Å². The molecule has 0 saturated carbocycles. The number of benzene rings is 1. The van der Waals surface area contributed by atoms with Gasteiger partial charge in [0.15, 0.2) is 0 Å². The highest BCUT2D eigenvalue weighted by Crippen LogP contribution is 2.31. The molecule has 1 aliphatic heterocycles. The van der Waals surface area contributed by atoms with Gasteiger partial charge in [0.2, 0.25) is 5.95 Å². The third-order valence-corrected chi connectivity index (χ3v) is 3.59. The Morgan fingerprint density at radius 2 is 2.00 bits per heavy atom. The summed E-state index contributed by atoms with van der Waals surface area (Å²) in [6, 6.07) is 10.1. The van der Waals surface area contributed by atoms with E-state index in [1.54, 1.807) is 29.2 Å². The quantitative estimate of drug-likeness (QED) is 0.789. The van der Waals surface area contributed by atoms with Crippen molar-refractivity contribution in [2.45, 2.75) is 6.04 Å². The molecule has 0 unspecified atom stereocenters. The van der Waals surface area contributed by atoms with Gasteiger partial charge in [-0.05, 0) is 35.9 Å². The molecule has 0 radical (unpaired) electrons. The zero-order chi connectivity index (χ0) is 14.9. The summed E-state index contributed by atoms with van der Waals surface area (Å²) >= 11 is 0. The first-order chi connectivity index (χ1) is 10.8. The molecule has 0 amide bonds. The van der Waals surface area contributed by atoms with Crippen molar-refractivity contribution in [3.63, 3.8) is 0 Å². The first kappa shape index (κ1) is 12.7. The molecule has 0 saturated heterocycles. The molecular weight excluding hydrogens is 281 g/mol. The zero-order valence-electron chi connectivity index (χ0n) is 11.5. The lowest BCUT2D eigenvalue weighted by atomic mass is 10.0. The second-order valence-electron chi connectivity index (χ2n) is 4.97. The minimum atomic E-state index is -0.257. The lowest BCUT2D eigenvalue weighted by molar-refractivity contribution is 0.603. The lowest BCUT2D eigenvalue weighted by Gasteiger charge is -2.24. The molecule has 0 aliphatic carbocycles. The standard InChI is InChI=1S/C16H12FN5/c17-13-5-3-11(4-6-13)15-8-14(12-2-1-7-18-9-12)21-16-19-10-20-22(15)16/h1-10,15H,(H,19,20,21)/t15-/m1/s1. The van der Waals surface area contributed by atoms with Crippen LogP contribution in [0.2, 0.25) is 0 Å². The Morgan fingerprint density at radius 1 is 1.14 bits per heavy atom. The number of anilines is 1. The number of nitrogens with zero attached hydrogens (tertiary/aromatic N) is 4. The number of hydrogen-bond acceptors (Lipinski definition) is 4. The molecule has 22 heavy (non-hydrogen) atoms. The monoisotopic (exact) mass is 293 g/mol. The molecule has 1 N–H and O–H groups in total. The summed E-state index contributed by atoms with van der Waals surface area (Å²) in [5, 5.41) is 7.49. The number of aromatic nitrogens is 4. The highest BCUT2D eigenvalue weighted by molar-refractivity contribution is 5.76. The van der Waals surface area contributed by atoms with Crippen molar-refractivity contribution in [2.75, 3.05) is 5.32 Å². The van der Waals surface area contributed by atoms with Crippen molar-refractivity contribution in [1.29, 1.82) is 0 Å². The number of rotatable bonds is 2. The van der Waals surface area contributed by atoms with Crippen molar-refractivity contribution < 1.29 is 4.39 Å². The van der Waals surface area contributed by atoms with Gasteiger partial charge >= 0.3 is 0 Å². The fourth-order valence-corrected chi connectivity index (χ4v) is 2.52. The Balaban J connectivity index is 1.81. The second kappa shape index (κ2) is 5.07. The third kappa shape index (κ3) is 2.14. The van der Waals surface area contributed by atoms with Gasteiger partial charge in [-0.2, -0.15) is 10.1 Å². The fraction of sp³-hybridized carbons (Fsp3) is 0.0625. The number of nitrogens with one attached hydrogen (secondary N) is 1. The summed E-state index contributed by atoms with van der Waals surface area (Å²) in [7, 11) is 0. The Morgan fingerprint density at radius 3 is 2.77 bits per heavy atom. The normalized spacial score (nSPS) is 16.6. The smallest absolute Gasteiger partial charge is 0.226 e. The van der Waals surface area contributed by atoms with E-state index in [0.717, 1.165) is 16.8 Å². The summed E-state index contributed by atoms with van der Waals surface area (Å²) in [5.41, 5.74) is 2.81. The molecule has 108 valence electrons. The minimum Gasteiger partial charge on any atom is -0.324 e. The average Bonchev–Trinajstić information content (AvgIpc) is 3.04. The van der Waals surface area contributed by atoms with Crippen LogP contribution in [-0.2, 0) is 0 Å². The van der Waals surface area contributed by atoms with E-state index in [1.807, 2.05) is 18.2 Å². The Kier molecular flexibility index (Phi) is 2.93. The molecule has 1 atom stereocenters. The lowest BCUT2D eigenvalue weighted by Crippen LogP contribution is -2.20. The third-order valence-electron chi connectivity index (χ3n) is 3.59. The van der Waals surface area contributed by atoms with Crippen LogP contribution in [0.25, 0.3) is 5.70 Å². The van der Waals surface area contributed by atoms with Crippen molar-refractivity contribution in [1.82, 2.24) is 19.7 Å². The molecule has 0 spiro atoms. The summed E-state index contributed by atoms with van der Waals surface area (Å²) in [6.45, 7) is 0. The molecule has 3 heterocycles. The molecule has 4 rings (SSSR count). The minimum absolute atomic E-state index is 0.144. The second-order valence-corrected chi connectivity index (χ2v) is 4.97. The van der Waals surface area contributed by atoms with Crippen molar-refractivity contribution in [3.05, 3.63) is 78.1 Å². The predicted octanol–water partition coefficient (Wildman–Crippen LogP) is 2.87. The van der Waals surface area contributed by atoms with Crippen LogP contribution in [0.5, 0.6) is 0 Å². The highest BCUT2D eigenvalue weighted by atomic mass is 19.1.